The number of hydrogen-bond acceptors (Lipinski definition) is 7. The number of alkyl halides is 1. The molecule has 9 heteroatoms. The molecule has 1 aliphatic rings. The summed E-state index contributed by atoms with van der Waals surface area (Å²) in [5.74, 6) is -0.711. The largest absolute Gasteiger partial charge is 0.474 e. The van der Waals surface area contributed by atoms with E-state index >= 15 is 0 Å². The number of aromatic nitrogens is 2. The fourth-order valence-electron chi connectivity index (χ4n) is 2.15. The van der Waals surface area contributed by atoms with Crippen molar-refractivity contribution in [3.8, 4) is 18.2 Å². The number of rotatable bonds is 4. The molecular formula is C14H17FN2O6. The molecule has 2 rings (SSSR count). The van der Waals surface area contributed by atoms with Gasteiger partial charge in [-0.15, -0.1) is 6.42 Å². The van der Waals surface area contributed by atoms with Gasteiger partial charge in [-0.2, -0.15) is 4.98 Å². The summed E-state index contributed by atoms with van der Waals surface area (Å²) in [6.07, 6.45) is 0.728. The second-order valence-electron chi connectivity index (χ2n) is 5.35. The molecule has 1 saturated heterocycles. The molecule has 0 bridgehead atoms. The van der Waals surface area contributed by atoms with Crippen molar-refractivity contribution in [2.24, 2.45) is 0 Å². The Morgan fingerprint density at radius 3 is 2.74 bits per heavy atom. The van der Waals surface area contributed by atoms with Gasteiger partial charge in [0.15, 0.2) is 6.23 Å². The Morgan fingerprint density at radius 1 is 1.61 bits per heavy atom. The van der Waals surface area contributed by atoms with Gasteiger partial charge in [0.25, 0.3) is 5.85 Å². The van der Waals surface area contributed by atoms with Crippen LogP contribution in [0.5, 0.6) is 5.88 Å². The lowest BCUT2D eigenvalue weighted by Crippen LogP contribution is -2.42. The molecule has 0 radical (unpaired) electrons. The van der Waals surface area contributed by atoms with Gasteiger partial charge in [0, 0.05) is 6.20 Å². The summed E-state index contributed by atoms with van der Waals surface area (Å²) in [7, 11) is 0. The lowest BCUT2D eigenvalue weighted by atomic mass is 10.1. The van der Waals surface area contributed by atoms with Gasteiger partial charge in [0.05, 0.1) is 6.10 Å². The molecule has 0 aliphatic carbocycles. The van der Waals surface area contributed by atoms with Gasteiger partial charge in [-0.3, -0.25) is 4.57 Å². The van der Waals surface area contributed by atoms with Crippen LogP contribution in [0.3, 0.4) is 0 Å². The lowest BCUT2D eigenvalue weighted by Gasteiger charge is -2.20. The van der Waals surface area contributed by atoms with E-state index in [2.05, 4.69) is 10.9 Å². The number of aliphatic hydroxyl groups excluding tert-OH is 3. The van der Waals surface area contributed by atoms with Crippen LogP contribution in [0.15, 0.2) is 11.0 Å². The quantitative estimate of drug-likeness (QED) is 0.602. The van der Waals surface area contributed by atoms with E-state index in [1.54, 1.807) is 13.8 Å². The molecule has 1 aromatic rings. The molecule has 2 heterocycles. The zero-order valence-corrected chi connectivity index (χ0v) is 12.5. The minimum atomic E-state index is -2.90. The topological polar surface area (TPSA) is 114 Å². The third-order valence-electron chi connectivity index (χ3n) is 3.28. The van der Waals surface area contributed by atoms with E-state index in [0.717, 1.165) is 10.8 Å². The molecule has 1 aliphatic heterocycles. The number of ether oxygens (including phenoxy) is 2. The molecule has 3 N–H and O–H groups in total. The Labute approximate surface area is 131 Å². The highest BCUT2D eigenvalue weighted by Crippen LogP contribution is 2.37. The summed E-state index contributed by atoms with van der Waals surface area (Å²) in [5.41, 5.74) is -0.831. The standard InChI is InChI=1S/C14H17FN2O6/c1-4-8-5-17(13(21)16-11(8)22-7(2)3)12-9(19)10(20)14(15,6-18)23-12/h1,5,7,9-10,12,18-20H,6H2,2-3H3/t9-,10+,12-,14-/m1/s1. The Balaban J connectivity index is 2.45. The monoisotopic (exact) mass is 328 g/mol. The van der Waals surface area contributed by atoms with Gasteiger partial charge in [0.2, 0.25) is 5.88 Å². The zero-order valence-electron chi connectivity index (χ0n) is 12.5. The maximum absolute atomic E-state index is 14.1. The van der Waals surface area contributed by atoms with Gasteiger partial charge in [-0.25, -0.2) is 9.18 Å². The Bertz CT molecular complexity index is 685. The summed E-state index contributed by atoms with van der Waals surface area (Å²) in [4.78, 5) is 15.7. The molecule has 8 nitrogen and oxygen atoms in total. The van der Waals surface area contributed by atoms with E-state index in [1.807, 2.05) is 0 Å². The highest BCUT2D eigenvalue weighted by atomic mass is 19.2. The molecule has 126 valence electrons. The molecule has 1 fully saturated rings. The van der Waals surface area contributed by atoms with Crippen molar-refractivity contribution >= 4 is 0 Å². The minimum Gasteiger partial charge on any atom is -0.474 e. The maximum atomic E-state index is 14.1. The van der Waals surface area contributed by atoms with Crippen molar-refractivity contribution < 1.29 is 29.2 Å². The van der Waals surface area contributed by atoms with Crippen molar-refractivity contribution in [1.82, 2.24) is 9.55 Å². The number of halogens is 1. The van der Waals surface area contributed by atoms with Gasteiger partial charge in [-0.05, 0) is 13.8 Å². The third-order valence-corrected chi connectivity index (χ3v) is 3.28. The molecule has 1 aromatic heterocycles. The average Bonchev–Trinajstić information content (AvgIpc) is 2.72. The number of hydrogen-bond donors (Lipinski definition) is 3. The predicted molar refractivity (Wildman–Crippen MR) is 75.3 cm³/mol. The molecule has 4 atom stereocenters. The Hall–Kier alpha value is -1.99. The summed E-state index contributed by atoms with van der Waals surface area (Å²) in [5, 5.41) is 28.5. The molecule has 23 heavy (non-hydrogen) atoms. The van der Waals surface area contributed by atoms with E-state index in [-0.39, 0.29) is 17.5 Å². The van der Waals surface area contributed by atoms with Crippen LogP contribution in [0.25, 0.3) is 0 Å². The van der Waals surface area contributed by atoms with Crippen molar-refractivity contribution in [3.63, 3.8) is 0 Å². The van der Waals surface area contributed by atoms with Gasteiger partial charge < -0.3 is 24.8 Å². The Morgan fingerprint density at radius 2 is 2.26 bits per heavy atom. The normalized spacial score (nSPS) is 30.4. The van der Waals surface area contributed by atoms with Crippen LogP contribution in [0.2, 0.25) is 0 Å². The zero-order chi connectivity index (χ0) is 17.4. The molecule has 0 amide bonds. The fourth-order valence-corrected chi connectivity index (χ4v) is 2.15. The van der Waals surface area contributed by atoms with Crippen LogP contribution >= 0.6 is 0 Å². The van der Waals surface area contributed by atoms with Gasteiger partial charge in [0.1, 0.15) is 24.4 Å². The SMILES string of the molecule is C#Cc1cn([C@@H]2O[C@](F)(CO)[C@@H](O)[C@H]2O)c(=O)nc1OC(C)C. The number of aliphatic hydroxyl groups is 3. The van der Waals surface area contributed by atoms with Crippen LogP contribution in [-0.4, -0.2) is 55.6 Å². The summed E-state index contributed by atoms with van der Waals surface area (Å²) >= 11 is 0. The maximum Gasteiger partial charge on any atom is 0.353 e. The summed E-state index contributed by atoms with van der Waals surface area (Å²) in [6.45, 7) is 2.24. The van der Waals surface area contributed by atoms with E-state index in [4.69, 9.17) is 21.0 Å². The first-order valence-electron chi connectivity index (χ1n) is 6.83. The molecule has 0 aromatic carbocycles. The third kappa shape index (κ3) is 3.07. The van der Waals surface area contributed by atoms with Crippen LogP contribution in [0, 0.1) is 12.3 Å². The number of nitrogens with zero attached hydrogens (tertiary/aromatic N) is 2. The van der Waals surface area contributed by atoms with E-state index in [0.29, 0.717) is 0 Å². The van der Waals surface area contributed by atoms with Crippen molar-refractivity contribution in [2.75, 3.05) is 6.61 Å². The summed E-state index contributed by atoms with van der Waals surface area (Å²) in [6, 6.07) is 0. The fraction of sp³-hybridized carbons (Fsp3) is 0.571. The van der Waals surface area contributed by atoms with Gasteiger partial charge in [-0.1, -0.05) is 5.92 Å². The van der Waals surface area contributed by atoms with E-state index in [9.17, 15) is 19.4 Å². The van der Waals surface area contributed by atoms with Crippen molar-refractivity contribution in [3.05, 3.63) is 22.2 Å². The van der Waals surface area contributed by atoms with Crippen LogP contribution in [-0.2, 0) is 4.74 Å². The predicted octanol–water partition coefficient (Wildman–Crippen LogP) is -1.08. The van der Waals surface area contributed by atoms with E-state index in [1.165, 1.54) is 0 Å². The minimum absolute atomic E-state index is 0.0783. The van der Waals surface area contributed by atoms with Crippen LogP contribution in [0.4, 0.5) is 4.39 Å². The lowest BCUT2D eigenvalue weighted by molar-refractivity contribution is -0.207. The highest BCUT2D eigenvalue weighted by Gasteiger charge is 2.56. The summed E-state index contributed by atoms with van der Waals surface area (Å²) < 4.78 is 25.0. The first-order chi connectivity index (χ1) is 10.7. The van der Waals surface area contributed by atoms with E-state index < -0.39 is 36.6 Å². The molecule has 0 unspecified atom stereocenters. The van der Waals surface area contributed by atoms with Gasteiger partial charge >= 0.3 is 5.69 Å². The highest BCUT2D eigenvalue weighted by molar-refractivity contribution is 5.38. The first-order valence-corrected chi connectivity index (χ1v) is 6.83. The van der Waals surface area contributed by atoms with Crippen LogP contribution in [0.1, 0.15) is 25.6 Å². The second-order valence-corrected chi connectivity index (χ2v) is 5.35. The molecule has 0 saturated carbocycles. The van der Waals surface area contributed by atoms with Crippen molar-refractivity contribution in [2.45, 2.75) is 44.2 Å². The average molecular weight is 328 g/mol. The Kier molecular flexibility index (Phi) is 4.72. The molecule has 0 spiro atoms. The first kappa shape index (κ1) is 17.4. The number of terminal acetylenes is 1. The molecular weight excluding hydrogens is 311 g/mol. The van der Waals surface area contributed by atoms with Crippen LogP contribution < -0.4 is 10.4 Å². The smallest absolute Gasteiger partial charge is 0.353 e. The second kappa shape index (κ2) is 6.25. The van der Waals surface area contributed by atoms with Crippen molar-refractivity contribution in [1.29, 1.82) is 0 Å².